The van der Waals surface area contributed by atoms with Crippen LogP contribution in [0.1, 0.15) is 12.5 Å². The molecule has 0 saturated carbocycles. The van der Waals surface area contributed by atoms with Crippen LogP contribution < -0.4 is 4.74 Å². The molecule has 0 aliphatic rings. The lowest BCUT2D eigenvalue weighted by Crippen LogP contribution is -2.37. The van der Waals surface area contributed by atoms with Gasteiger partial charge in [-0.2, -0.15) is 0 Å². The van der Waals surface area contributed by atoms with Crippen LogP contribution in [-0.2, 0) is 20.7 Å². The van der Waals surface area contributed by atoms with Gasteiger partial charge in [-0.1, -0.05) is 24.1 Å². The number of esters is 1. The fourth-order valence-electron chi connectivity index (χ4n) is 2.28. The fourth-order valence-corrected chi connectivity index (χ4v) is 2.28. The van der Waals surface area contributed by atoms with Crippen LogP contribution in [0.25, 0.3) is 0 Å². The lowest BCUT2D eigenvalue weighted by Gasteiger charge is -2.26. The van der Waals surface area contributed by atoms with Crippen LogP contribution in [-0.4, -0.2) is 56.9 Å². The SMILES string of the molecule is C#CCN(C)[C@H](COCC=C)Cc1cccc(OCC(=O)OCC)c1. The van der Waals surface area contributed by atoms with Crippen molar-refractivity contribution in [1.29, 1.82) is 0 Å². The minimum atomic E-state index is -0.377. The van der Waals surface area contributed by atoms with Crippen molar-refractivity contribution < 1.29 is 19.0 Å². The Morgan fingerprint density at radius 1 is 1.48 bits per heavy atom. The van der Waals surface area contributed by atoms with Gasteiger partial charge in [0.1, 0.15) is 5.75 Å². The molecule has 25 heavy (non-hydrogen) atoms. The number of nitrogens with zero attached hydrogens (tertiary/aromatic N) is 1. The molecule has 1 aromatic rings. The number of carbonyl (C=O) groups is 1. The summed E-state index contributed by atoms with van der Waals surface area (Å²) in [6.07, 6.45) is 7.90. The van der Waals surface area contributed by atoms with E-state index in [2.05, 4.69) is 17.4 Å². The second-order valence-corrected chi connectivity index (χ2v) is 5.54. The highest BCUT2D eigenvalue weighted by Crippen LogP contribution is 2.16. The first kappa shape index (κ1) is 20.8. The maximum absolute atomic E-state index is 11.4. The molecule has 1 rings (SSSR count). The van der Waals surface area contributed by atoms with Crippen LogP contribution in [0.3, 0.4) is 0 Å². The van der Waals surface area contributed by atoms with Gasteiger partial charge in [-0.25, -0.2) is 4.79 Å². The van der Waals surface area contributed by atoms with Crippen molar-refractivity contribution in [3.05, 3.63) is 42.5 Å². The monoisotopic (exact) mass is 345 g/mol. The third-order valence-corrected chi connectivity index (χ3v) is 3.54. The summed E-state index contributed by atoms with van der Waals surface area (Å²) in [4.78, 5) is 13.5. The molecule has 0 unspecified atom stereocenters. The van der Waals surface area contributed by atoms with E-state index >= 15 is 0 Å². The van der Waals surface area contributed by atoms with Crippen LogP contribution >= 0.6 is 0 Å². The zero-order chi connectivity index (χ0) is 18.5. The Bertz CT molecular complexity index is 579. The zero-order valence-electron chi connectivity index (χ0n) is 15.1. The molecule has 0 radical (unpaired) electrons. The van der Waals surface area contributed by atoms with Gasteiger partial charge < -0.3 is 14.2 Å². The fraction of sp³-hybridized carbons (Fsp3) is 0.450. The Morgan fingerprint density at radius 3 is 2.96 bits per heavy atom. The summed E-state index contributed by atoms with van der Waals surface area (Å²) in [7, 11) is 1.98. The van der Waals surface area contributed by atoms with E-state index in [0.717, 1.165) is 12.0 Å². The average molecular weight is 345 g/mol. The van der Waals surface area contributed by atoms with Crippen molar-refractivity contribution >= 4 is 5.97 Å². The molecule has 0 saturated heterocycles. The predicted molar refractivity (Wildman–Crippen MR) is 98.5 cm³/mol. The van der Waals surface area contributed by atoms with Crippen LogP contribution in [0.2, 0.25) is 0 Å². The number of ether oxygens (including phenoxy) is 3. The summed E-state index contributed by atoms with van der Waals surface area (Å²) >= 11 is 0. The molecule has 0 aliphatic carbocycles. The molecule has 5 nitrogen and oxygen atoms in total. The van der Waals surface area contributed by atoms with Gasteiger partial charge in [-0.05, 0) is 38.1 Å². The maximum atomic E-state index is 11.4. The zero-order valence-corrected chi connectivity index (χ0v) is 15.1. The molecule has 0 N–H and O–H groups in total. The second kappa shape index (κ2) is 12.1. The number of terminal acetylenes is 1. The second-order valence-electron chi connectivity index (χ2n) is 5.54. The Morgan fingerprint density at radius 2 is 2.28 bits per heavy atom. The quantitative estimate of drug-likeness (QED) is 0.252. The van der Waals surface area contributed by atoms with E-state index in [-0.39, 0.29) is 18.6 Å². The van der Waals surface area contributed by atoms with Crippen molar-refractivity contribution in [2.24, 2.45) is 0 Å². The Labute approximate surface area is 150 Å². The third-order valence-electron chi connectivity index (χ3n) is 3.54. The molecule has 0 aliphatic heterocycles. The minimum absolute atomic E-state index is 0.0971. The van der Waals surface area contributed by atoms with Gasteiger partial charge in [-0.3, -0.25) is 4.90 Å². The van der Waals surface area contributed by atoms with Gasteiger partial charge in [0.2, 0.25) is 0 Å². The van der Waals surface area contributed by atoms with Gasteiger partial charge >= 0.3 is 5.97 Å². The molecule has 1 aromatic carbocycles. The molecule has 0 fully saturated rings. The van der Waals surface area contributed by atoms with Crippen molar-refractivity contribution in [3.8, 4) is 18.1 Å². The topological polar surface area (TPSA) is 48.0 Å². The first-order valence-electron chi connectivity index (χ1n) is 8.30. The molecule has 0 bridgehead atoms. The highest BCUT2D eigenvalue weighted by molar-refractivity contribution is 5.71. The standard InChI is InChI=1S/C20H27NO4/c1-5-11-21(4)18(15-23-12-6-2)13-17-9-8-10-19(14-17)25-16-20(22)24-7-3/h1,6,8-10,14,18H,2,7,11-13,15-16H2,3-4H3/t18-/m0/s1. The van der Waals surface area contributed by atoms with Crippen LogP contribution in [0.15, 0.2) is 36.9 Å². The number of carbonyl (C=O) groups excluding carboxylic acids is 1. The number of hydrogen-bond donors (Lipinski definition) is 0. The normalized spacial score (nSPS) is 11.6. The Balaban J connectivity index is 2.69. The summed E-state index contributed by atoms with van der Waals surface area (Å²) in [6, 6.07) is 7.79. The van der Waals surface area contributed by atoms with E-state index in [9.17, 15) is 4.79 Å². The molecular weight excluding hydrogens is 318 g/mol. The highest BCUT2D eigenvalue weighted by atomic mass is 16.6. The largest absolute Gasteiger partial charge is 0.482 e. The summed E-state index contributed by atoms with van der Waals surface area (Å²) in [6.45, 7) is 7.27. The number of hydrogen-bond acceptors (Lipinski definition) is 5. The molecule has 1 atom stereocenters. The third kappa shape index (κ3) is 8.39. The minimum Gasteiger partial charge on any atom is -0.482 e. The van der Waals surface area contributed by atoms with E-state index < -0.39 is 0 Å². The summed E-state index contributed by atoms with van der Waals surface area (Å²) in [5, 5.41) is 0. The van der Waals surface area contributed by atoms with Crippen molar-refractivity contribution in [3.63, 3.8) is 0 Å². The smallest absolute Gasteiger partial charge is 0.344 e. The van der Waals surface area contributed by atoms with Gasteiger partial charge in [0.15, 0.2) is 6.61 Å². The molecule has 5 heteroatoms. The summed E-state index contributed by atoms with van der Waals surface area (Å²) < 4.78 is 15.9. The first-order valence-corrected chi connectivity index (χ1v) is 8.30. The van der Waals surface area contributed by atoms with E-state index in [4.69, 9.17) is 20.6 Å². The average Bonchev–Trinajstić information content (AvgIpc) is 2.60. The molecule has 0 amide bonds. The van der Waals surface area contributed by atoms with Gasteiger partial charge in [0.25, 0.3) is 0 Å². The van der Waals surface area contributed by atoms with Crippen molar-refractivity contribution in [2.75, 3.05) is 40.0 Å². The van der Waals surface area contributed by atoms with Gasteiger partial charge in [0, 0.05) is 6.04 Å². The van der Waals surface area contributed by atoms with E-state index in [1.165, 1.54) is 0 Å². The van der Waals surface area contributed by atoms with Crippen LogP contribution in [0, 0.1) is 12.3 Å². The molecule has 0 heterocycles. The molecule has 0 aromatic heterocycles. The summed E-state index contributed by atoms with van der Waals surface area (Å²) in [5.74, 6) is 2.91. The number of likely N-dealkylation sites (N-methyl/N-ethyl adjacent to an activating group) is 1. The summed E-state index contributed by atoms with van der Waals surface area (Å²) in [5.41, 5.74) is 1.08. The van der Waals surface area contributed by atoms with Crippen LogP contribution in [0.5, 0.6) is 5.75 Å². The van der Waals surface area contributed by atoms with Gasteiger partial charge in [-0.15, -0.1) is 13.0 Å². The maximum Gasteiger partial charge on any atom is 0.344 e. The predicted octanol–water partition coefficient (Wildman–Crippen LogP) is 2.31. The molecular formula is C20H27NO4. The van der Waals surface area contributed by atoms with Crippen molar-refractivity contribution in [1.82, 2.24) is 4.90 Å². The number of benzene rings is 1. The van der Waals surface area contributed by atoms with Crippen molar-refractivity contribution in [2.45, 2.75) is 19.4 Å². The van der Waals surface area contributed by atoms with E-state index in [1.807, 2.05) is 31.3 Å². The Hall–Kier alpha value is -2.29. The molecule has 0 spiro atoms. The van der Waals surface area contributed by atoms with Gasteiger partial charge in [0.05, 0.1) is 26.4 Å². The number of rotatable bonds is 12. The molecule has 136 valence electrons. The van der Waals surface area contributed by atoms with E-state index in [1.54, 1.807) is 13.0 Å². The lowest BCUT2D eigenvalue weighted by molar-refractivity contribution is -0.145. The van der Waals surface area contributed by atoms with Crippen LogP contribution in [0.4, 0.5) is 0 Å². The Kier molecular flexibility index (Phi) is 10.1. The van der Waals surface area contributed by atoms with E-state index in [0.29, 0.717) is 32.1 Å². The highest BCUT2D eigenvalue weighted by Gasteiger charge is 2.15. The first-order chi connectivity index (χ1) is 12.1. The lowest BCUT2D eigenvalue weighted by atomic mass is 10.1.